The van der Waals surface area contributed by atoms with Gasteiger partial charge in [-0.15, -0.1) is 0 Å². The number of nitro groups is 1. The maximum Gasteiger partial charge on any atom is 0.292 e. The van der Waals surface area contributed by atoms with Crippen molar-refractivity contribution in [3.8, 4) is 0 Å². The van der Waals surface area contributed by atoms with Crippen molar-refractivity contribution in [2.75, 3.05) is 12.4 Å². The lowest BCUT2D eigenvalue weighted by Gasteiger charge is -2.29. The van der Waals surface area contributed by atoms with E-state index in [1.54, 1.807) is 0 Å². The highest BCUT2D eigenvalue weighted by Crippen LogP contribution is 2.29. The first kappa shape index (κ1) is 15.2. The van der Waals surface area contributed by atoms with Crippen LogP contribution < -0.4 is 10.6 Å². The Kier molecular flexibility index (Phi) is 4.74. The Morgan fingerprint density at radius 2 is 2.10 bits per heavy atom. The van der Waals surface area contributed by atoms with Crippen molar-refractivity contribution in [3.63, 3.8) is 0 Å². The Bertz CT molecular complexity index is 547. The fourth-order valence-corrected chi connectivity index (χ4v) is 2.58. The quantitative estimate of drug-likeness (QED) is 0.578. The summed E-state index contributed by atoms with van der Waals surface area (Å²) >= 11 is 0. The molecule has 0 radical (unpaired) electrons. The minimum Gasteiger partial charge on any atom is -0.391 e. The van der Waals surface area contributed by atoms with Crippen molar-refractivity contribution in [1.29, 1.82) is 0 Å². The summed E-state index contributed by atoms with van der Waals surface area (Å²) in [5.74, 6) is -0.308. The molecule has 1 aromatic rings. The third kappa shape index (κ3) is 3.49. The second-order valence-electron chi connectivity index (χ2n) is 5.17. The molecule has 0 saturated heterocycles. The lowest BCUT2D eigenvalue weighted by molar-refractivity contribution is -0.384. The molecule has 0 aromatic heterocycles. The monoisotopic (exact) mass is 293 g/mol. The van der Waals surface area contributed by atoms with E-state index < -0.39 is 11.0 Å². The van der Waals surface area contributed by atoms with Gasteiger partial charge in [0.15, 0.2) is 0 Å². The molecule has 0 aliphatic heterocycles. The maximum absolute atomic E-state index is 11.6. The van der Waals surface area contributed by atoms with Gasteiger partial charge >= 0.3 is 0 Å². The van der Waals surface area contributed by atoms with Gasteiger partial charge in [0.05, 0.1) is 17.1 Å². The fraction of sp³-hybridized carbons (Fsp3) is 0.500. The molecule has 0 bridgehead atoms. The van der Waals surface area contributed by atoms with Crippen molar-refractivity contribution in [2.45, 2.75) is 37.8 Å². The van der Waals surface area contributed by atoms with Crippen LogP contribution in [0.2, 0.25) is 0 Å². The van der Waals surface area contributed by atoms with E-state index in [1.165, 1.54) is 25.2 Å². The Labute approximate surface area is 122 Å². The number of nitrogens with one attached hydrogen (secondary N) is 2. The van der Waals surface area contributed by atoms with Crippen LogP contribution in [0.4, 0.5) is 11.4 Å². The molecule has 3 N–H and O–H groups in total. The number of nitro benzene ring substituents is 1. The minimum absolute atomic E-state index is 0.0968. The van der Waals surface area contributed by atoms with Gasteiger partial charge < -0.3 is 15.7 Å². The number of aliphatic hydroxyl groups excluding tert-OH is 1. The van der Waals surface area contributed by atoms with Gasteiger partial charge in [-0.2, -0.15) is 0 Å². The van der Waals surface area contributed by atoms with E-state index >= 15 is 0 Å². The van der Waals surface area contributed by atoms with Gasteiger partial charge in [0.25, 0.3) is 11.6 Å². The third-order valence-electron chi connectivity index (χ3n) is 3.75. The SMILES string of the molecule is CNC(=O)c1ccc([N+](=O)[O-])c(NC2CCCCC2O)c1. The van der Waals surface area contributed by atoms with Gasteiger partial charge in [0, 0.05) is 18.7 Å². The Hall–Kier alpha value is -2.15. The summed E-state index contributed by atoms with van der Waals surface area (Å²) in [6.45, 7) is 0. The number of nitrogens with zero attached hydrogens (tertiary/aromatic N) is 1. The second-order valence-corrected chi connectivity index (χ2v) is 5.17. The van der Waals surface area contributed by atoms with Gasteiger partial charge in [0.1, 0.15) is 5.69 Å². The number of aliphatic hydroxyl groups is 1. The highest BCUT2D eigenvalue weighted by atomic mass is 16.6. The van der Waals surface area contributed by atoms with Gasteiger partial charge in [-0.05, 0) is 25.0 Å². The van der Waals surface area contributed by atoms with E-state index in [-0.39, 0.29) is 23.3 Å². The summed E-state index contributed by atoms with van der Waals surface area (Å²) in [6, 6.07) is 3.96. The van der Waals surface area contributed by atoms with Crippen LogP contribution in [0.1, 0.15) is 36.0 Å². The zero-order valence-electron chi connectivity index (χ0n) is 11.8. The van der Waals surface area contributed by atoms with E-state index in [0.29, 0.717) is 12.0 Å². The summed E-state index contributed by atoms with van der Waals surface area (Å²) in [4.78, 5) is 22.2. The summed E-state index contributed by atoms with van der Waals surface area (Å²) in [7, 11) is 1.50. The molecule has 7 heteroatoms. The minimum atomic E-state index is -0.526. The molecule has 7 nitrogen and oxygen atoms in total. The zero-order valence-corrected chi connectivity index (χ0v) is 11.8. The highest BCUT2D eigenvalue weighted by molar-refractivity contribution is 5.95. The predicted octanol–water partition coefficient (Wildman–Crippen LogP) is 1.67. The van der Waals surface area contributed by atoms with Crippen LogP contribution >= 0.6 is 0 Å². The van der Waals surface area contributed by atoms with E-state index in [2.05, 4.69) is 10.6 Å². The second kappa shape index (κ2) is 6.53. The molecule has 1 aliphatic carbocycles. The van der Waals surface area contributed by atoms with Gasteiger partial charge in [-0.3, -0.25) is 14.9 Å². The van der Waals surface area contributed by atoms with E-state index in [1.807, 2.05) is 0 Å². The van der Waals surface area contributed by atoms with Crippen LogP contribution in [0.3, 0.4) is 0 Å². The molecule has 1 aliphatic rings. The molecule has 21 heavy (non-hydrogen) atoms. The molecule has 1 fully saturated rings. The molecule has 2 atom stereocenters. The molecule has 0 heterocycles. The summed E-state index contributed by atoms with van der Waals surface area (Å²) in [5.41, 5.74) is 0.517. The molecule has 2 rings (SSSR count). The van der Waals surface area contributed by atoms with Crippen molar-refractivity contribution < 1.29 is 14.8 Å². The number of rotatable bonds is 4. The maximum atomic E-state index is 11.6. The van der Waals surface area contributed by atoms with Crippen molar-refractivity contribution in [3.05, 3.63) is 33.9 Å². The van der Waals surface area contributed by atoms with Gasteiger partial charge in [0.2, 0.25) is 0 Å². The number of hydrogen-bond acceptors (Lipinski definition) is 5. The smallest absolute Gasteiger partial charge is 0.292 e. The third-order valence-corrected chi connectivity index (χ3v) is 3.75. The first-order valence-electron chi connectivity index (χ1n) is 6.98. The van der Waals surface area contributed by atoms with Crippen LogP contribution in [0.25, 0.3) is 0 Å². The van der Waals surface area contributed by atoms with Crippen molar-refractivity contribution >= 4 is 17.3 Å². The topological polar surface area (TPSA) is 104 Å². The van der Waals surface area contributed by atoms with Gasteiger partial charge in [-0.25, -0.2) is 0 Å². The molecule has 2 unspecified atom stereocenters. The number of carbonyl (C=O) groups excluding carboxylic acids is 1. The van der Waals surface area contributed by atoms with E-state index in [4.69, 9.17) is 0 Å². The Morgan fingerprint density at radius 3 is 2.71 bits per heavy atom. The molecular formula is C14H19N3O4. The molecule has 114 valence electrons. The molecule has 1 aromatic carbocycles. The van der Waals surface area contributed by atoms with Gasteiger partial charge in [-0.1, -0.05) is 12.8 Å². The van der Waals surface area contributed by atoms with Crippen LogP contribution in [0, 0.1) is 10.1 Å². The number of carbonyl (C=O) groups is 1. The average Bonchev–Trinajstić information content (AvgIpc) is 2.48. The highest BCUT2D eigenvalue weighted by Gasteiger charge is 2.26. The molecule has 0 spiro atoms. The van der Waals surface area contributed by atoms with Crippen molar-refractivity contribution in [1.82, 2.24) is 5.32 Å². The van der Waals surface area contributed by atoms with Crippen LogP contribution in [0.15, 0.2) is 18.2 Å². The standard InChI is InChI=1S/C14H19N3O4/c1-15-14(19)9-6-7-12(17(20)21)11(8-9)16-10-4-2-3-5-13(10)18/h6-8,10,13,16,18H,2-5H2,1H3,(H,15,19). The normalized spacial score (nSPS) is 21.6. The number of benzene rings is 1. The van der Waals surface area contributed by atoms with E-state index in [9.17, 15) is 20.0 Å². The van der Waals surface area contributed by atoms with Crippen molar-refractivity contribution in [2.24, 2.45) is 0 Å². The first-order valence-corrected chi connectivity index (χ1v) is 6.98. The summed E-state index contributed by atoms with van der Waals surface area (Å²) < 4.78 is 0. The zero-order chi connectivity index (χ0) is 15.4. The average molecular weight is 293 g/mol. The predicted molar refractivity (Wildman–Crippen MR) is 78.4 cm³/mol. The molecule has 1 amide bonds. The summed E-state index contributed by atoms with van der Waals surface area (Å²) in [5, 5.41) is 26.6. The number of hydrogen-bond donors (Lipinski definition) is 3. The lowest BCUT2D eigenvalue weighted by atomic mass is 9.92. The van der Waals surface area contributed by atoms with Crippen LogP contribution in [-0.4, -0.2) is 35.1 Å². The van der Waals surface area contributed by atoms with E-state index in [0.717, 1.165) is 19.3 Å². The fourth-order valence-electron chi connectivity index (χ4n) is 2.58. The van der Waals surface area contributed by atoms with Crippen LogP contribution in [-0.2, 0) is 0 Å². The lowest BCUT2D eigenvalue weighted by Crippen LogP contribution is -2.36. The largest absolute Gasteiger partial charge is 0.391 e. The number of amides is 1. The van der Waals surface area contributed by atoms with Crippen LogP contribution in [0.5, 0.6) is 0 Å². The molecular weight excluding hydrogens is 274 g/mol. The summed E-state index contributed by atoms with van der Waals surface area (Å²) in [6.07, 6.45) is 2.84. The molecule has 1 saturated carbocycles. The Balaban J connectivity index is 2.29. The number of anilines is 1. The first-order chi connectivity index (χ1) is 10.0. The Morgan fingerprint density at radius 1 is 1.38 bits per heavy atom.